The number of methoxy groups -OCH3 is 1. The Morgan fingerprint density at radius 3 is 2.67 bits per heavy atom. The molecule has 1 aliphatic heterocycles. The number of benzene rings is 2. The maximum atomic E-state index is 12.3. The van der Waals surface area contributed by atoms with Crippen molar-refractivity contribution in [2.75, 3.05) is 51.3 Å². The molecule has 2 heterocycles. The fraction of sp³-hybridized carbons (Fsp3) is 0.375. The number of para-hydroxylation sites is 3. The van der Waals surface area contributed by atoms with Crippen molar-refractivity contribution in [2.45, 2.75) is 12.8 Å². The minimum absolute atomic E-state index is 0.127. The van der Waals surface area contributed by atoms with E-state index in [1.165, 1.54) is 10.9 Å². The average Bonchev–Trinajstić information content (AvgIpc) is 3.21. The Labute approximate surface area is 177 Å². The second kappa shape index (κ2) is 9.67. The third-order valence-corrected chi connectivity index (χ3v) is 5.84. The summed E-state index contributed by atoms with van der Waals surface area (Å²) in [4.78, 5) is 20.3. The van der Waals surface area contributed by atoms with E-state index in [1.807, 2.05) is 36.5 Å². The first-order valence-corrected chi connectivity index (χ1v) is 10.7. The van der Waals surface area contributed by atoms with Crippen LogP contribution in [-0.4, -0.2) is 62.2 Å². The molecule has 2 N–H and O–H groups in total. The lowest BCUT2D eigenvalue weighted by Crippen LogP contribution is -2.47. The topological polar surface area (TPSA) is 60.6 Å². The van der Waals surface area contributed by atoms with Crippen LogP contribution in [0.3, 0.4) is 0 Å². The van der Waals surface area contributed by atoms with E-state index in [1.54, 1.807) is 7.11 Å². The molecule has 0 aliphatic carbocycles. The van der Waals surface area contributed by atoms with E-state index >= 15 is 0 Å². The Balaban J connectivity index is 1.17. The van der Waals surface area contributed by atoms with Gasteiger partial charge in [0.15, 0.2) is 0 Å². The first kappa shape index (κ1) is 20.3. The van der Waals surface area contributed by atoms with E-state index in [-0.39, 0.29) is 5.91 Å². The monoisotopic (exact) mass is 406 g/mol. The number of carbonyl (C=O) groups is 1. The zero-order chi connectivity index (χ0) is 20.8. The maximum absolute atomic E-state index is 12.3. The molecule has 0 radical (unpaired) electrons. The smallest absolute Gasteiger partial charge is 0.221 e. The van der Waals surface area contributed by atoms with E-state index in [0.717, 1.165) is 56.1 Å². The predicted molar refractivity (Wildman–Crippen MR) is 121 cm³/mol. The number of aromatic nitrogens is 1. The molecule has 4 rings (SSSR count). The van der Waals surface area contributed by atoms with Crippen LogP contribution in [0.1, 0.15) is 12.0 Å². The number of aromatic amines is 1. The van der Waals surface area contributed by atoms with Crippen molar-refractivity contribution in [3.63, 3.8) is 0 Å². The van der Waals surface area contributed by atoms with Crippen LogP contribution >= 0.6 is 0 Å². The maximum Gasteiger partial charge on any atom is 0.221 e. The molecule has 6 heteroatoms. The first-order chi connectivity index (χ1) is 14.7. The lowest BCUT2D eigenvalue weighted by atomic mass is 10.1. The van der Waals surface area contributed by atoms with Crippen molar-refractivity contribution in [3.8, 4) is 5.75 Å². The Kier molecular flexibility index (Phi) is 6.54. The SMILES string of the molecule is COc1ccccc1N1CCN(CCC(=O)NCCc2c[nH]c3ccccc23)CC1. The number of ether oxygens (including phenoxy) is 1. The lowest BCUT2D eigenvalue weighted by molar-refractivity contribution is -0.121. The van der Waals surface area contributed by atoms with Gasteiger partial charge in [-0.05, 0) is 30.2 Å². The molecule has 158 valence electrons. The van der Waals surface area contributed by atoms with Gasteiger partial charge in [-0.15, -0.1) is 0 Å². The highest BCUT2D eigenvalue weighted by atomic mass is 16.5. The standard InChI is InChI=1S/C24H30N4O2/c1-30-23-9-5-4-8-22(23)28-16-14-27(15-17-28)13-11-24(29)25-12-10-19-18-26-21-7-3-2-6-20(19)21/h2-9,18,26H,10-17H2,1H3,(H,25,29). The van der Waals surface area contributed by atoms with Crippen molar-refractivity contribution < 1.29 is 9.53 Å². The summed E-state index contributed by atoms with van der Waals surface area (Å²) in [5.41, 5.74) is 3.54. The number of carbonyl (C=O) groups excluding carboxylic acids is 1. The Hall–Kier alpha value is -2.99. The lowest BCUT2D eigenvalue weighted by Gasteiger charge is -2.36. The van der Waals surface area contributed by atoms with Gasteiger partial charge in [0.05, 0.1) is 12.8 Å². The third-order valence-electron chi connectivity index (χ3n) is 5.84. The molecule has 1 amide bonds. The van der Waals surface area contributed by atoms with Crippen LogP contribution in [0.4, 0.5) is 5.69 Å². The minimum Gasteiger partial charge on any atom is -0.495 e. The number of nitrogens with one attached hydrogen (secondary N) is 2. The number of anilines is 1. The van der Waals surface area contributed by atoms with Gasteiger partial charge in [-0.2, -0.15) is 0 Å². The molecule has 0 saturated carbocycles. The van der Waals surface area contributed by atoms with Crippen molar-refractivity contribution >= 4 is 22.5 Å². The fourth-order valence-corrected chi connectivity index (χ4v) is 4.13. The molecule has 0 atom stereocenters. The summed E-state index contributed by atoms with van der Waals surface area (Å²) in [5.74, 6) is 1.04. The summed E-state index contributed by atoms with van der Waals surface area (Å²) in [5, 5.41) is 4.30. The van der Waals surface area contributed by atoms with Crippen LogP contribution in [0.25, 0.3) is 10.9 Å². The van der Waals surface area contributed by atoms with Gasteiger partial charge in [-0.1, -0.05) is 30.3 Å². The molecule has 30 heavy (non-hydrogen) atoms. The third kappa shape index (κ3) is 4.76. The van der Waals surface area contributed by atoms with Crippen LogP contribution in [0.2, 0.25) is 0 Å². The van der Waals surface area contributed by atoms with Crippen LogP contribution < -0.4 is 15.0 Å². The number of H-pyrrole nitrogens is 1. The highest BCUT2D eigenvalue weighted by Gasteiger charge is 2.19. The van der Waals surface area contributed by atoms with Crippen molar-refractivity contribution in [3.05, 3.63) is 60.3 Å². The van der Waals surface area contributed by atoms with Gasteiger partial charge >= 0.3 is 0 Å². The molecule has 1 aromatic heterocycles. The largest absolute Gasteiger partial charge is 0.495 e. The minimum atomic E-state index is 0.127. The molecule has 0 bridgehead atoms. The number of hydrogen-bond donors (Lipinski definition) is 2. The second-order valence-corrected chi connectivity index (χ2v) is 7.71. The van der Waals surface area contributed by atoms with E-state index in [2.05, 4.69) is 38.3 Å². The van der Waals surface area contributed by atoms with Gasteiger partial charge in [0.1, 0.15) is 5.75 Å². The van der Waals surface area contributed by atoms with Gasteiger partial charge < -0.3 is 19.9 Å². The van der Waals surface area contributed by atoms with E-state index in [9.17, 15) is 4.79 Å². The Bertz CT molecular complexity index is 976. The Morgan fingerprint density at radius 2 is 1.83 bits per heavy atom. The van der Waals surface area contributed by atoms with Crippen LogP contribution in [-0.2, 0) is 11.2 Å². The molecule has 3 aromatic rings. The number of nitrogens with zero attached hydrogens (tertiary/aromatic N) is 2. The summed E-state index contributed by atoms with van der Waals surface area (Å²) < 4.78 is 5.48. The molecule has 1 saturated heterocycles. The highest BCUT2D eigenvalue weighted by molar-refractivity contribution is 5.83. The number of fused-ring (bicyclic) bond motifs is 1. The summed E-state index contributed by atoms with van der Waals surface area (Å²) in [6, 6.07) is 16.4. The fourth-order valence-electron chi connectivity index (χ4n) is 4.13. The molecule has 1 aliphatic rings. The van der Waals surface area contributed by atoms with Gasteiger partial charge in [0, 0.05) is 62.8 Å². The normalized spacial score (nSPS) is 14.8. The van der Waals surface area contributed by atoms with E-state index in [0.29, 0.717) is 13.0 Å². The first-order valence-electron chi connectivity index (χ1n) is 10.7. The molecule has 6 nitrogen and oxygen atoms in total. The second-order valence-electron chi connectivity index (χ2n) is 7.71. The van der Waals surface area contributed by atoms with Gasteiger partial charge in [0.2, 0.25) is 5.91 Å². The predicted octanol–water partition coefficient (Wildman–Crippen LogP) is 3.05. The van der Waals surface area contributed by atoms with E-state index < -0.39 is 0 Å². The van der Waals surface area contributed by atoms with Gasteiger partial charge in [0.25, 0.3) is 0 Å². The summed E-state index contributed by atoms with van der Waals surface area (Å²) in [7, 11) is 1.71. The quantitative estimate of drug-likeness (QED) is 0.604. The zero-order valence-corrected chi connectivity index (χ0v) is 17.6. The summed E-state index contributed by atoms with van der Waals surface area (Å²) in [6.07, 6.45) is 3.42. The Morgan fingerprint density at radius 1 is 1.07 bits per heavy atom. The number of hydrogen-bond acceptors (Lipinski definition) is 4. The molecule has 0 unspecified atom stereocenters. The average molecular weight is 407 g/mol. The zero-order valence-electron chi connectivity index (χ0n) is 17.6. The molecule has 0 spiro atoms. The van der Waals surface area contributed by atoms with Gasteiger partial charge in [-0.25, -0.2) is 0 Å². The highest BCUT2D eigenvalue weighted by Crippen LogP contribution is 2.28. The van der Waals surface area contributed by atoms with Crippen molar-refractivity contribution in [1.29, 1.82) is 0 Å². The summed E-state index contributed by atoms with van der Waals surface area (Å²) >= 11 is 0. The van der Waals surface area contributed by atoms with Crippen LogP contribution in [0, 0.1) is 0 Å². The van der Waals surface area contributed by atoms with Crippen LogP contribution in [0.5, 0.6) is 5.75 Å². The molecular weight excluding hydrogens is 376 g/mol. The number of rotatable bonds is 8. The van der Waals surface area contributed by atoms with Crippen LogP contribution in [0.15, 0.2) is 54.7 Å². The molecular formula is C24H30N4O2. The van der Waals surface area contributed by atoms with E-state index in [4.69, 9.17) is 4.74 Å². The number of piperazine rings is 1. The number of amides is 1. The summed E-state index contributed by atoms with van der Waals surface area (Å²) in [6.45, 7) is 5.29. The molecule has 1 fully saturated rings. The van der Waals surface area contributed by atoms with Crippen molar-refractivity contribution in [1.82, 2.24) is 15.2 Å². The molecule has 2 aromatic carbocycles. The van der Waals surface area contributed by atoms with Gasteiger partial charge in [-0.3, -0.25) is 9.69 Å². The van der Waals surface area contributed by atoms with Crippen molar-refractivity contribution in [2.24, 2.45) is 0 Å².